The quantitative estimate of drug-likeness (QED) is 0.404. The number of hydrogen-bond acceptors (Lipinski definition) is 7. The summed E-state index contributed by atoms with van der Waals surface area (Å²) in [4.78, 5) is 27.6. The van der Waals surface area contributed by atoms with Crippen molar-refractivity contribution < 1.29 is 18.3 Å². The molecule has 200 valence electrons. The van der Waals surface area contributed by atoms with E-state index in [1.165, 1.54) is 24.5 Å². The highest BCUT2D eigenvalue weighted by molar-refractivity contribution is 5.95. The molecular formula is C28H27F2N7O2. The van der Waals surface area contributed by atoms with Crippen molar-refractivity contribution >= 4 is 5.91 Å². The Morgan fingerprint density at radius 1 is 1.08 bits per heavy atom. The van der Waals surface area contributed by atoms with Crippen LogP contribution in [-0.4, -0.2) is 54.7 Å². The van der Waals surface area contributed by atoms with E-state index in [1.807, 2.05) is 26.0 Å². The van der Waals surface area contributed by atoms with Gasteiger partial charge in [0.2, 0.25) is 11.8 Å². The van der Waals surface area contributed by atoms with Gasteiger partial charge in [0.15, 0.2) is 0 Å². The van der Waals surface area contributed by atoms with Gasteiger partial charge in [-0.05, 0) is 62.7 Å². The number of benzene rings is 1. The van der Waals surface area contributed by atoms with Gasteiger partial charge in [0.25, 0.3) is 11.9 Å². The van der Waals surface area contributed by atoms with Crippen LogP contribution in [-0.2, 0) is 5.54 Å². The second-order valence-corrected chi connectivity index (χ2v) is 10.6. The van der Waals surface area contributed by atoms with Gasteiger partial charge in [-0.25, -0.2) is 19.3 Å². The first-order chi connectivity index (χ1) is 18.6. The molecule has 1 saturated heterocycles. The van der Waals surface area contributed by atoms with Gasteiger partial charge in [0, 0.05) is 54.5 Å². The maximum atomic E-state index is 15.2. The van der Waals surface area contributed by atoms with Crippen molar-refractivity contribution in [3.8, 4) is 23.1 Å². The number of ether oxygens (including phenoxy) is 1. The second kappa shape index (κ2) is 9.19. The van der Waals surface area contributed by atoms with Gasteiger partial charge in [-0.1, -0.05) is 0 Å². The van der Waals surface area contributed by atoms with Crippen molar-refractivity contribution in [2.45, 2.75) is 32.4 Å². The van der Waals surface area contributed by atoms with Crippen LogP contribution >= 0.6 is 0 Å². The van der Waals surface area contributed by atoms with Gasteiger partial charge >= 0.3 is 0 Å². The molecule has 11 heteroatoms. The zero-order valence-corrected chi connectivity index (χ0v) is 21.7. The van der Waals surface area contributed by atoms with Gasteiger partial charge in [-0.15, -0.1) is 0 Å². The summed E-state index contributed by atoms with van der Waals surface area (Å²) < 4.78 is 35.9. The fraction of sp³-hybridized carbons (Fsp3) is 0.321. The number of carbonyl (C=O) groups is 1. The largest absolute Gasteiger partial charge is 0.474 e. The molecule has 0 unspecified atom stereocenters. The van der Waals surface area contributed by atoms with Crippen molar-refractivity contribution in [1.29, 1.82) is 0 Å². The van der Waals surface area contributed by atoms with Crippen LogP contribution in [0.25, 0.3) is 17.2 Å². The third-order valence-electron chi connectivity index (χ3n) is 7.30. The predicted octanol–water partition coefficient (Wildman–Crippen LogP) is 3.65. The van der Waals surface area contributed by atoms with Crippen molar-refractivity contribution in [3.63, 3.8) is 0 Å². The topological polar surface area (TPSA) is 112 Å². The highest BCUT2D eigenvalue weighted by atomic mass is 19.1. The Labute approximate surface area is 223 Å². The van der Waals surface area contributed by atoms with E-state index < -0.39 is 17.4 Å². The van der Waals surface area contributed by atoms with Crippen molar-refractivity contribution in [2.75, 3.05) is 13.1 Å². The maximum absolute atomic E-state index is 15.2. The van der Waals surface area contributed by atoms with Crippen LogP contribution in [0.15, 0.2) is 54.9 Å². The predicted molar refractivity (Wildman–Crippen MR) is 138 cm³/mol. The Balaban J connectivity index is 1.17. The highest BCUT2D eigenvalue weighted by Crippen LogP contribution is 2.48. The average molecular weight is 532 g/mol. The van der Waals surface area contributed by atoms with Gasteiger partial charge < -0.3 is 15.4 Å². The van der Waals surface area contributed by atoms with Gasteiger partial charge in [0.1, 0.15) is 17.5 Å². The highest BCUT2D eigenvalue weighted by Gasteiger charge is 2.59. The lowest BCUT2D eigenvalue weighted by Crippen LogP contribution is -2.34. The molecule has 3 atom stereocenters. The van der Waals surface area contributed by atoms with E-state index in [1.54, 1.807) is 30.0 Å². The first kappa shape index (κ1) is 25.1. The number of hydrogen-bond donors (Lipinski definition) is 1. The molecule has 2 fully saturated rings. The standard InChI is InChI=1S/C28H27F2N7O2/c1-15-23(25(30)37(35-15)27-32-9-4-10-33-27)26(38)36-13-19-20(14-36)24(19)39-22-12-17(28(2,3)31)11-21(34-22)16-5-7-18(29)8-6-16/h4-12,19-20,24H,13-14,31H2,1-3H3/t19-,20+,24-. The van der Waals surface area contributed by atoms with E-state index in [4.69, 9.17) is 10.5 Å². The summed E-state index contributed by atoms with van der Waals surface area (Å²) in [6.45, 7) is 6.25. The minimum absolute atomic E-state index is 0.0604. The molecule has 1 aliphatic carbocycles. The number of nitrogens with two attached hydrogens (primary N) is 1. The molecule has 0 bridgehead atoms. The van der Waals surface area contributed by atoms with Crippen LogP contribution in [0.4, 0.5) is 8.78 Å². The Morgan fingerprint density at radius 2 is 1.74 bits per heavy atom. The smallest absolute Gasteiger partial charge is 0.260 e. The number of fused-ring (bicyclic) bond motifs is 1. The van der Waals surface area contributed by atoms with Crippen LogP contribution in [0, 0.1) is 30.5 Å². The Kier molecular flexibility index (Phi) is 5.91. The molecule has 9 nitrogen and oxygen atoms in total. The lowest BCUT2D eigenvalue weighted by molar-refractivity contribution is 0.0746. The SMILES string of the molecule is Cc1nn(-c2ncccn2)c(F)c1C(=O)N1C[C@@H]2[C@H](C1)[C@@H]2Oc1cc(C(C)(C)N)cc(-c2ccc(F)cc2)n1. The molecule has 0 radical (unpaired) electrons. The molecule has 0 spiro atoms. The molecular weight excluding hydrogens is 504 g/mol. The molecule has 2 aliphatic rings. The summed E-state index contributed by atoms with van der Waals surface area (Å²) in [7, 11) is 0. The lowest BCUT2D eigenvalue weighted by Gasteiger charge is -2.22. The number of aryl methyl sites for hydroxylation is 1. The Hall–Kier alpha value is -4.25. The minimum atomic E-state index is -0.782. The normalized spacial score (nSPS) is 20.2. The van der Waals surface area contributed by atoms with Gasteiger partial charge in [-0.3, -0.25) is 4.79 Å². The van der Waals surface area contributed by atoms with Crippen LogP contribution in [0.1, 0.15) is 35.5 Å². The molecule has 4 aromatic rings. The number of piperidine rings is 1. The summed E-state index contributed by atoms with van der Waals surface area (Å²) >= 11 is 0. The molecule has 6 rings (SSSR count). The number of rotatable bonds is 6. The fourth-order valence-corrected chi connectivity index (χ4v) is 5.09. The number of nitrogens with zero attached hydrogens (tertiary/aromatic N) is 6. The van der Waals surface area contributed by atoms with Crippen molar-refractivity contribution in [2.24, 2.45) is 17.6 Å². The zero-order valence-electron chi connectivity index (χ0n) is 21.7. The molecule has 1 saturated carbocycles. The lowest BCUT2D eigenvalue weighted by atomic mass is 9.95. The molecule has 1 aromatic carbocycles. The summed E-state index contributed by atoms with van der Waals surface area (Å²) in [5.41, 5.74) is 8.14. The van der Waals surface area contributed by atoms with Crippen LogP contribution in [0.3, 0.4) is 0 Å². The Bertz CT molecular complexity index is 1540. The molecule has 2 N–H and O–H groups in total. The monoisotopic (exact) mass is 531 g/mol. The molecule has 4 heterocycles. The first-order valence-electron chi connectivity index (χ1n) is 12.7. The minimum Gasteiger partial charge on any atom is -0.474 e. The first-order valence-corrected chi connectivity index (χ1v) is 12.7. The number of pyridine rings is 1. The van der Waals surface area contributed by atoms with E-state index in [2.05, 4.69) is 20.1 Å². The van der Waals surface area contributed by atoms with E-state index >= 15 is 4.39 Å². The fourth-order valence-electron chi connectivity index (χ4n) is 5.09. The second-order valence-electron chi connectivity index (χ2n) is 10.6. The number of carbonyl (C=O) groups excluding carboxylic acids is 1. The summed E-state index contributed by atoms with van der Waals surface area (Å²) in [6, 6.07) is 11.4. The van der Waals surface area contributed by atoms with E-state index in [0.29, 0.717) is 24.7 Å². The molecule has 1 amide bonds. The van der Waals surface area contributed by atoms with E-state index in [0.717, 1.165) is 15.8 Å². The summed E-state index contributed by atoms with van der Waals surface area (Å²) in [6.07, 6.45) is 2.84. The van der Waals surface area contributed by atoms with Crippen LogP contribution < -0.4 is 10.5 Å². The van der Waals surface area contributed by atoms with Crippen LogP contribution in [0.5, 0.6) is 5.88 Å². The third kappa shape index (κ3) is 4.63. The third-order valence-corrected chi connectivity index (χ3v) is 7.30. The van der Waals surface area contributed by atoms with Gasteiger partial charge in [-0.2, -0.15) is 14.2 Å². The molecule has 1 aliphatic heterocycles. The average Bonchev–Trinajstić information content (AvgIpc) is 3.22. The van der Waals surface area contributed by atoms with Gasteiger partial charge in [0.05, 0.1) is 11.4 Å². The maximum Gasteiger partial charge on any atom is 0.260 e. The van der Waals surface area contributed by atoms with Crippen molar-refractivity contribution in [1.82, 2.24) is 29.6 Å². The zero-order chi connectivity index (χ0) is 27.5. The number of likely N-dealkylation sites (tertiary alicyclic amines) is 1. The number of aromatic nitrogens is 5. The number of halogens is 2. The van der Waals surface area contributed by atoms with E-state index in [-0.39, 0.29) is 41.0 Å². The number of amides is 1. The Morgan fingerprint density at radius 3 is 2.38 bits per heavy atom. The molecule has 39 heavy (non-hydrogen) atoms. The summed E-state index contributed by atoms with van der Waals surface area (Å²) in [5.74, 6) is -0.825. The summed E-state index contributed by atoms with van der Waals surface area (Å²) in [5, 5.41) is 4.15. The van der Waals surface area contributed by atoms with Crippen molar-refractivity contribution in [3.05, 3.63) is 83.4 Å². The molecule has 3 aromatic heterocycles. The van der Waals surface area contributed by atoms with Crippen LogP contribution in [0.2, 0.25) is 0 Å². The van der Waals surface area contributed by atoms with E-state index in [9.17, 15) is 9.18 Å².